The van der Waals surface area contributed by atoms with Gasteiger partial charge in [-0.1, -0.05) is 11.6 Å². The van der Waals surface area contributed by atoms with Gasteiger partial charge in [0.2, 0.25) is 0 Å². The third kappa shape index (κ3) is 5.56. The number of ether oxygens (including phenoxy) is 1. The summed E-state index contributed by atoms with van der Waals surface area (Å²) in [7, 11) is 5.88. The number of nitrogens with one attached hydrogen (secondary N) is 2. The van der Waals surface area contributed by atoms with E-state index in [9.17, 15) is 0 Å². The number of nitrogens with zero attached hydrogens (tertiary/aromatic N) is 2. The van der Waals surface area contributed by atoms with Crippen molar-refractivity contribution >= 4 is 34.6 Å². The first kappa shape index (κ1) is 20.4. The molecule has 0 saturated heterocycles. The fourth-order valence-electron chi connectivity index (χ4n) is 2.59. The Balaban J connectivity index is 2.22. The maximum absolute atomic E-state index is 6.05. The Morgan fingerprint density at radius 1 is 1.31 bits per heavy atom. The summed E-state index contributed by atoms with van der Waals surface area (Å²) in [5.41, 5.74) is 1.96. The lowest BCUT2D eigenvalue weighted by Crippen LogP contribution is -3.06. The van der Waals surface area contributed by atoms with Crippen LogP contribution in [0, 0.1) is 0 Å². The lowest BCUT2D eigenvalue weighted by molar-refractivity contribution is -0.857. The Morgan fingerprint density at radius 2 is 2.00 bits per heavy atom. The van der Waals surface area contributed by atoms with Crippen molar-refractivity contribution in [2.75, 3.05) is 39.6 Å². The van der Waals surface area contributed by atoms with Gasteiger partial charge in [0, 0.05) is 23.5 Å². The van der Waals surface area contributed by atoms with Crippen molar-refractivity contribution in [3.05, 3.63) is 53.3 Å². The first-order valence-electron chi connectivity index (χ1n) is 8.52. The van der Waals surface area contributed by atoms with Gasteiger partial charge in [-0.05, 0) is 49.0 Å². The predicted molar refractivity (Wildman–Crippen MR) is 111 cm³/mol. The molecule has 1 aromatic heterocycles. The summed E-state index contributed by atoms with van der Waals surface area (Å²) in [6, 6.07) is 9.62. The Morgan fingerprint density at radius 3 is 2.62 bits per heavy atom. The highest BCUT2D eigenvalue weighted by Gasteiger charge is 2.20. The summed E-state index contributed by atoms with van der Waals surface area (Å²) in [5.74, 6) is 0.662. The average Bonchev–Trinajstić information content (AvgIpc) is 2.63. The van der Waals surface area contributed by atoms with Crippen molar-refractivity contribution in [1.29, 1.82) is 0 Å². The number of benzene rings is 1. The van der Waals surface area contributed by atoms with Gasteiger partial charge in [0.1, 0.15) is 5.75 Å². The molecule has 0 saturated carbocycles. The molecule has 7 heteroatoms. The van der Waals surface area contributed by atoms with Crippen LogP contribution in [0.15, 0.2) is 42.7 Å². The Bertz CT molecular complexity index is 727. The summed E-state index contributed by atoms with van der Waals surface area (Å²) in [6.45, 7) is 3.94. The largest absolute Gasteiger partial charge is 0.495 e. The number of hydrogen-bond donors (Lipinski definition) is 2. The molecule has 2 N–H and O–H groups in total. The van der Waals surface area contributed by atoms with E-state index in [0.717, 1.165) is 18.8 Å². The van der Waals surface area contributed by atoms with E-state index in [1.54, 1.807) is 25.6 Å². The smallest absolute Gasteiger partial charge is 0.174 e. The SMILES string of the molecule is COc1cc(Cl)ccc1NC(=S)N(CC[NH+](C)C)C(C)c1ccncc1. The zero-order valence-electron chi connectivity index (χ0n) is 15.6. The van der Waals surface area contributed by atoms with E-state index in [-0.39, 0.29) is 6.04 Å². The average molecular weight is 394 g/mol. The number of thiocarbonyl (C=S) groups is 1. The Kier molecular flexibility index (Phi) is 7.63. The van der Waals surface area contributed by atoms with Crippen molar-refractivity contribution in [3.63, 3.8) is 0 Å². The minimum atomic E-state index is 0.121. The van der Waals surface area contributed by atoms with E-state index in [2.05, 4.69) is 36.2 Å². The van der Waals surface area contributed by atoms with E-state index in [1.807, 2.05) is 24.3 Å². The second kappa shape index (κ2) is 9.71. The number of methoxy groups -OCH3 is 1. The van der Waals surface area contributed by atoms with Gasteiger partial charge in [0.25, 0.3) is 0 Å². The number of likely N-dealkylation sites (N-methyl/N-ethyl adjacent to an activating group) is 1. The normalized spacial score (nSPS) is 11.9. The minimum absolute atomic E-state index is 0.121. The molecular formula is C19H26ClN4OS+. The first-order valence-corrected chi connectivity index (χ1v) is 9.31. The van der Waals surface area contributed by atoms with Gasteiger partial charge in [-0.3, -0.25) is 4.98 Å². The molecule has 2 rings (SSSR count). The number of pyridine rings is 1. The number of halogens is 1. The molecule has 0 aliphatic rings. The van der Waals surface area contributed by atoms with Crippen LogP contribution in [0.2, 0.25) is 5.02 Å². The van der Waals surface area contributed by atoms with E-state index >= 15 is 0 Å². The fourth-order valence-corrected chi connectivity index (χ4v) is 3.11. The van der Waals surface area contributed by atoms with Crippen molar-refractivity contribution < 1.29 is 9.64 Å². The molecule has 1 aromatic carbocycles. The molecule has 1 atom stereocenters. The molecule has 1 heterocycles. The number of rotatable bonds is 7. The van der Waals surface area contributed by atoms with Crippen LogP contribution < -0.4 is 15.0 Å². The number of hydrogen-bond acceptors (Lipinski definition) is 3. The monoisotopic (exact) mass is 393 g/mol. The summed E-state index contributed by atoms with van der Waals surface area (Å²) < 4.78 is 5.41. The zero-order valence-corrected chi connectivity index (χ0v) is 17.2. The third-order valence-electron chi connectivity index (χ3n) is 4.17. The van der Waals surface area contributed by atoms with E-state index in [1.165, 1.54) is 10.5 Å². The second-order valence-electron chi connectivity index (χ2n) is 6.38. The molecule has 0 fully saturated rings. The van der Waals surface area contributed by atoms with Gasteiger partial charge in [-0.25, -0.2) is 0 Å². The molecule has 0 aliphatic heterocycles. The first-order chi connectivity index (χ1) is 12.4. The van der Waals surface area contributed by atoms with Crippen LogP contribution in [0.1, 0.15) is 18.5 Å². The molecule has 0 bridgehead atoms. The van der Waals surface area contributed by atoms with Gasteiger partial charge in [0.15, 0.2) is 5.11 Å². The second-order valence-corrected chi connectivity index (χ2v) is 7.20. The van der Waals surface area contributed by atoms with Crippen molar-refractivity contribution in [2.24, 2.45) is 0 Å². The lowest BCUT2D eigenvalue weighted by atomic mass is 10.1. The highest BCUT2D eigenvalue weighted by Crippen LogP contribution is 2.29. The molecule has 0 radical (unpaired) electrons. The topological polar surface area (TPSA) is 41.8 Å². The zero-order chi connectivity index (χ0) is 19.1. The Hall–Kier alpha value is -1.89. The summed E-state index contributed by atoms with van der Waals surface area (Å²) in [5, 5.41) is 4.58. The highest BCUT2D eigenvalue weighted by atomic mass is 35.5. The molecule has 5 nitrogen and oxygen atoms in total. The van der Waals surface area contributed by atoms with Gasteiger partial charge in [0.05, 0.1) is 46.0 Å². The molecule has 140 valence electrons. The van der Waals surface area contributed by atoms with Gasteiger partial charge < -0.3 is 19.9 Å². The van der Waals surface area contributed by atoms with Gasteiger partial charge >= 0.3 is 0 Å². The van der Waals surface area contributed by atoms with Crippen LogP contribution in [0.3, 0.4) is 0 Å². The van der Waals surface area contributed by atoms with E-state index in [4.69, 9.17) is 28.6 Å². The molecule has 26 heavy (non-hydrogen) atoms. The van der Waals surface area contributed by atoms with Crippen molar-refractivity contribution in [2.45, 2.75) is 13.0 Å². The number of anilines is 1. The maximum atomic E-state index is 6.05. The van der Waals surface area contributed by atoms with Gasteiger partial charge in [-0.15, -0.1) is 0 Å². The number of quaternary nitrogens is 1. The molecule has 0 aliphatic carbocycles. The quantitative estimate of drug-likeness (QED) is 0.708. The Labute approximate surface area is 165 Å². The minimum Gasteiger partial charge on any atom is -0.495 e. The van der Waals surface area contributed by atoms with Crippen LogP contribution in [0.5, 0.6) is 5.75 Å². The highest BCUT2D eigenvalue weighted by molar-refractivity contribution is 7.80. The fraction of sp³-hybridized carbons (Fsp3) is 0.368. The van der Waals surface area contributed by atoms with E-state index < -0.39 is 0 Å². The maximum Gasteiger partial charge on any atom is 0.174 e. The standard InChI is InChI=1S/C19H25ClN4OS/c1-14(15-7-9-21-10-8-15)24(12-11-23(2)3)19(26)22-17-6-5-16(20)13-18(17)25-4/h5-10,13-14H,11-12H2,1-4H3,(H,22,26)/p+1. The summed E-state index contributed by atoms with van der Waals surface area (Å²) in [6.07, 6.45) is 3.61. The van der Waals surface area contributed by atoms with E-state index in [0.29, 0.717) is 15.9 Å². The van der Waals surface area contributed by atoms with Crippen molar-refractivity contribution in [3.8, 4) is 5.75 Å². The van der Waals surface area contributed by atoms with Crippen LogP contribution in [-0.2, 0) is 0 Å². The summed E-state index contributed by atoms with van der Waals surface area (Å²) in [4.78, 5) is 7.66. The lowest BCUT2D eigenvalue weighted by Gasteiger charge is -2.32. The van der Waals surface area contributed by atoms with Crippen LogP contribution >= 0.6 is 23.8 Å². The van der Waals surface area contributed by atoms with Crippen LogP contribution in [0.4, 0.5) is 5.69 Å². The molecule has 1 unspecified atom stereocenters. The van der Waals surface area contributed by atoms with Crippen LogP contribution in [0.25, 0.3) is 0 Å². The van der Waals surface area contributed by atoms with Crippen molar-refractivity contribution in [1.82, 2.24) is 9.88 Å². The predicted octanol–water partition coefficient (Wildman–Crippen LogP) is 2.65. The van der Waals surface area contributed by atoms with Gasteiger partial charge in [-0.2, -0.15) is 0 Å². The molecule has 0 spiro atoms. The third-order valence-corrected chi connectivity index (χ3v) is 4.75. The molecule has 2 aromatic rings. The molecule has 0 amide bonds. The van der Waals surface area contributed by atoms with Crippen LogP contribution in [-0.4, -0.2) is 49.3 Å². The summed E-state index contributed by atoms with van der Waals surface area (Å²) >= 11 is 11.8. The molecular weight excluding hydrogens is 368 g/mol. The number of aromatic nitrogens is 1.